The Labute approximate surface area is 315 Å². The van der Waals surface area contributed by atoms with Crippen LogP contribution < -0.4 is 25.7 Å². The first kappa shape index (κ1) is 37.5. The third-order valence-electron chi connectivity index (χ3n) is 10.5. The molecule has 0 N–H and O–H groups in total. The zero-order valence-corrected chi connectivity index (χ0v) is 32.4. The molecule has 3 atom stereocenters. The largest absolute Gasteiger partial charge is 0.493 e. The van der Waals surface area contributed by atoms with Gasteiger partial charge in [0.1, 0.15) is 47.2 Å². The van der Waals surface area contributed by atoms with Gasteiger partial charge in [-0.2, -0.15) is 0 Å². The molecule has 0 radical (unpaired) electrons. The molecule has 0 aliphatic carbocycles. The van der Waals surface area contributed by atoms with Gasteiger partial charge < -0.3 is 41.7 Å². The lowest BCUT2D eigenvalue weighted by Crippen LogP contribution is -2.38. The molecule has 7 rings (SSSR count). The fraction of sp³-hybridized carbons (Fsp3) is 0.432. The highest BCUT2D eigenvalue weighted by Crippen LogP contribution is 2.48. The average molecular weight is 739 g/mol. The van der Waals surface area contributed by atoms with Crippen molar-refractivity contribution in [2.45, 2.75) is 110 Å². The van der Waals surface area contributed by atoms with Crippen molar-refractivity contribution in [3.63, 3.8) is 0 Å². The van der Waals surface area contributed by atoms with Crippen LogP contribution in [0.3, 0.4) is 0 Å². The van der Waals surface area contributed by atoms with Gasteiger partial charge in [-0.3, -0.25) is 0 Å². The van der Waals surface area contributed by atoms with Crippen LogP contribution in [-0.4, -0.2) is 42.6 Å². The lowest BCUT2D eigenvalue weighted by atomic mass is 9.96. The van der Waals surface area contributed by atoms with Crippen molar-refractivity contribution in [2.75, 3.05) is 13.2 Å². The summed E-state index contributed by atoms with van der Waals surface area (Å²) in [7, 11) is 0. The number of allylic oxidation sites excluding steroid dienone is 2. The summed E-state index contributed by atoms with van der Waals surface area (Å²) in [4.78, 5) is 11.7. The number of fused-ring (bicyclic) bond motifs is 2. The van der Waals surface area contributed by atoms with E-state index in [0.29, 0.717) is 59.8 Å². The van der Waals surface area contributed by atoms with Crippen LogP contribution in [0, 0.1) is 6.92 Å². The molecule has 54 heavy (non-hydrogen) atoms. The first-order valence-corrected chi connectivity index (χ1v) is 18.6. The Morgan fingerprint density at radius 2 is 1.57 bits per heavy atom. The molecule has 10 heteroatoms. The fourth-order valence-electron chi connectivity index (χ4n) is 6.96. The monoisotopic (exact) mass is 738 g/mol. The molecule has 3 aliphatic heterocycles. The van der Waals surface area contributed by atoms with Crippen LogP contribution >= 0.6 is 0 Å². The summed E-state index contributed by atoms with van der Waals surface area (Å²) in [6.45, 7) is 17.1. The Morgan fingerprint density at radius 3 is 2.31 bits per heavy atom. The molecule has 0 bridgehead atoms. The Kier molecular flexibility index (Phi) is 10.3. The van der Waals surface area contributed by atoms with Crippen molar-refractivity contribution in [1.29, 1.82) is 0 Å². The standard InChI is InChI=1S/C44H50O10/c1-27(16-21-46-30(4)31-18-23-47-35(31)25-34-29(3)11-14-40(45)50-34)10-13-39-43(7,8)54-44(53-39)20-15-32-37(51-44)26-36-33(19-24-48-36)41(32)49-22-17-28(2)9-12-38-42(5,6)52-38/h11,14-20,23-26,38-39H,9-10,12-13,21-22H2,1-8H3/b27-16+,28-17+,31-30+,35-25+. The van der Waals surface area contributed by atoms with E-state index in [1.54, 1.807) is 24.7 Å². The van der Waals surface area contributed by atoms with Gasteiger partial charge in [0.25, 0.3) is 0 Å². The van der Waals surface area contributed by atoms with Crippen LogP contribution in [0.4, 0.5) is 0 Å². The third kappa shape index (κ3) is 8.16. The second kappa shape index (κ2) is 14.8. The van der Waals surface area contributed by atoms with Gasteiger partial charge in [0, 0.05) is 24.3 Å². The molecule has 4 aromatic rings. The topological polar surface area (TPSA) is 115 Å². The van der Waals surface area contributed by atoms with Gasteiger partial charge >= 0.3 is 11.6 Å². The minimum absolute atomic E-state index is 0.00230. The van der Waals surface area contributed by atoms with E-state index in [4.69, 9.17) is 41.7 Å². The van der Waals surface area contributed by atoms with E-state index in [1.165, 1.54) is 11.6 Å². The molecule has 0 amide bonds. The molecule has 3 aromatic heterocycles. The maximum atomic E-state index is 11.7. The minimum atomic E-state index is -1.37. The van der Waals surface area contributed by atoms with E-state index in [0.717, 1.165) is 46.6 Å². The quantitative estimate of drug-likeness (QED) is 0.0982. The van der Waals surface area contributed by atoms with E-state index in [-0.39, 0.29) is 11.7 Å². The van der Waals surface area contributed by atoms with E-state index in [1.807, 2.05) is 58.0 Å². The van der Waals surface area contributed by atoms with Crippen LogP contribution in [0.25, 0.3) is 28.9 Å². The fourth-order valence-corrected chi connectivity index (χ4v) is 6.96. The molecule has 1 spiro atoms. The van der Waals surface area contributed by atoms with Gasteiger partial charge in [0.2, 0.25) is 0 Å². The predicted molar refractivity (Wildman–Crippen MR) is 205 cm³/mol. The first-order chi connectivity index (χ1) is 25.7. The lowest BCUT2D eigenvalue weighted by molar-refractivity contribution is -0.270. The summed E-state index contributed by atoms with van der Waals surface area (Å²) in [6.07, 6.45) is 16.5. The zero-order valence-electron chi connectivity index (χ0n) is 32.4. The Hall–Kier alpha value is -4.77. The molecule has 286 valence electrons. The van der Waals surface area contributed by atoms with Crippen LogP contribution in [0.2, 0.25) is 0 Å². The number of furan rings is 2. The van der Waals surface area contributed by atoms with Crippen molar-refractivity contribution in [2.24, 2.45) is 0 Å². The van der Waals surface area contributed by atoms with Crippen molar-refractivity contribution in [3.8, 4) is 11.5 Å². The normalized spacial score (nSPS) is 23.8. The summed E-state index contributed by atoms with van der Waals surface area (Å²) in [5, 5.41) is 1.67. The van der Waals surface area contributed by atoms with Gasteiger partial charge in [-0.25, -0.2) is 4.79 Å². The molecule has 1 aromatic carbocycles. The molecule has 3 unspecified atom stereocenters. The third-order valence-corrected chi connectivity index (χ3v) is 10.5. The summed E-state index contributed by atoms with van der Waals surface area (Å²) >= 11 is 0. The smallest absolute Gasteiger partial charge is 0.350 e. The highest BCUT2D eigenvalue weighted by molar-refractivity contribution is 5.91. The number of rotatable bonds is 13. The van der Waals surface area contributed by atoms with Gasteiger partial charge in [-0.15, -0.1) is 0 Å². The van der Waals surface area contributed by atoms with Crippen LogP contribution in [0.1, 0.15) is 91.0 Å². The summed E-state index contributed by atoms with van der Waals surface area (Å²) < 4.78 is 54.6. The molecule has 3 aliphatic rings. The number of epoxide rings is 1. The highest BCUT2D eigenvalue weighted by atomic mass is 16.9. The van der Waals surface area contributed by atoms with Crippen LogP contribution in [-0.2, 0) is 18.9 Å². The number of hydrogen-bond donors (Lipinski definition) is 0. The van der Waals surface area contributed by atoms with Crippen molar-refractivity contribution >= 4 is 28.9 Å². The van der Waals surface area contributed by atoms with Crippen LogP contribution in [0.5, 0.6) is 11.5 Å². The number of aryl methyl sites for hydroxylation is 1. The highest BCUT2D eigenvalue weighted by Gasteiger charge is 2.54. The second-order valence-electron chi connectivity index (χ2n) is 15.5. The molecule has 10 nitrogen and oxygen atoms in total. The number of ether oxygens (including phenoxy) is 6. The Morgan fingerprint density at radius 1 is 0.870 bits per heavy atom. The first-order valence-electron chi connectivity index (χ1n) is 18.6. The van der Waals surface area contributed by atoms with E-state index in [2.05, 4.69) is 39.8 Å². The van der Waals surface area contributed by atoms with E-state index < -0.39 is 17.2 Å². The van der Waals surface area contributed by atoms with Crippen molar-refractivity contribution in [3.05, 3.63) is 110 Å². The predicted octanol–water partition coefficient (Wildman–Crippen LogP) is 8.22. The summed E-state index contributed by atoms with van der Waals surface area (Å²) in [5.74, 6) is 1.04. The number of benzene rings is 1. The van der Waals surface area contributed by atoms with Gasteiger partial charge in [-0.05, 0) is 123 Å². The lowest BCUT2D eigenvalue weighted by Gasteiger charge is -2.30. The molecule has 2 saturated heterocycles. The molecule has 0 saturated carbocycles. The maximum absolute atomic E-state index is 11.7. The van der Waals surface area contributed by atoms with Crippen LogP contribution in [0.15, 0.2) is 90.3 Å². The Balaban J connectivity index is 0.975. The van der Waals surface area contributed by atoms with E-state index in [9.17, 15) is 4.79 Å². The molecule has 6 heterocycles. The summed E-state index contributed by atoms with van der Waals surface area (Å²) in [6, 6.07) is 8.73. The van der Waals surface area contributed by atoms with Crippen molar-refractivity contribution < 1.29 is 41.7 Å². The zero-order chi connectivity index (χ0) is 38.3. The molecular weight excluding hydrogens is 688 g/mol. The van der Waals surface area contributed by atoms with Gasteiger partial charge in [-0.1, -0.05) is 11.1 Å². The molecule has 2 fully saturated rings. The maximum Gasteiger partial charge on any atom is 0.350 e. The van der Waals surface area contributed by atoms with Gasteiger partial charge in [0.05, 0.1) is 52.1 Å². The SMILES string of the molecule is C/C(=C\COc1c2c(cc3occc13)OC1(C=C2)OC(CC/C(C)=C/CO/C(C)=c2\cco\c2=C\c2oc(=O)ccc2C)C(C)(C)O1)CCC1OC1(C)C. The van der Waals surface area contributed by atoms with Crippen molar-refractivity contribution in [1.82, 2.24) is 0 Å². The summed E-state index contributed by atoms with van der Waals surface area (Å²) in [5.41, 5.74) is 4.26. The molecular formula is C44H50O10. The minimum Gasteiger partial charge on any atom is -0.493 e. The Bertz CT molecular complexity index is 2290. The average Bonchev–Trinajstić information content (AvgIpc) is 3.51. The van der Waals surface area contributed by atoms with E-state index >= 15 is 0 Å². The number of hydrogen-bond acceptors (Lipinski definition) is 10. The second-order valence-corrected chi connectivity index (χ2v) is 15.5. The van der Waals surface area contributed by atoms with Gasteiger partial charge in [0.15, 0.2) is 0 Å².